The second-order valence-electron chi connectivity index (χ2n) is 5.59. The van der Waals surface area contributed by atoms with Crippen LogP contribution in [0.4, 0.5) is 4.79 Å². The molecule has 0 spiro atoms. The summed E-state index contributed by atoms with van der Waals surface area (Å²) in [6, 6.07) is 6.48. The van der Waals surface area contributed by atoms with Crippen molar-refractivity contribution in [2.24, 2.45) is 0 Å². The van der Waals surface area contributed by atoms with E-state index in [4.69, 9.17) is 4.74 Å². The Bertz CT molecular complexity index is 735. The average molecular weight is 393 g/mol. The van der Waals surface area contributed by atoms with Crippen molar-refractivity contribution in [3.05, 3.63) is 47.0 Å². The zero-order valence-corrected chi connectivity index (χ0v) is 14.6. The van der Waals surface area contributed by atoms with E-state index in [-0.39, 0.29) is 18.6 Å². The standard InChI is InChI=1S/C16H17BrN4O3/c1-10(24-14-5-3-2-4-12(14)17)8-21-15(22)13(20-16(21)23)6-11-7-18-9-19-11/h2-5,7,9-10,13H,6,8H2,1H3,(H,18,19)(H,20,23)/t10?,13-/m0/s1. The molecule has 3 amide bonds. The van der Waals surface area contributed by atoms with Gasteiger partial charge in [-0.05, 0) is 35.0 Å². The summed E-state index contributed by atoms with van der Waals surface area (Å²) >= 11 is 3.41. The lowest BCUT2D eigenvalue weighted by Gasteiger charge is -2.20. The van der Waals surface area contributed by atoms with Gasteiger partial charge in [0.1, 0.15) is 17.9 Å². The number of para-hydroxylation sites is 1. The van der Waals surface area contributed by atoms with Crippen molar-refractivity contribution < 1.29 is 14.3 Å². The van der Waals surface area contributed by atoms with E-state index in [1.165, 1.54) is 4.90 Å². The third-order valence-electron chi connectivity index (χ3n) is 3.69. The van der Waals surface area contributed by atoms with Crippen LogP contribution in [0.25, 0.3) is 0 Å². The largest absolute Gasteiger partial charge is 0.488 e. The first kappa shape index (κ1) is 16.5. The molecule has 1 saturated heterocycles. The minimum atomic E-state index is -0.575. The highest BCUT2D eigenvalue weighted by Gasteiger charge is 2.38. The molecule has 0 aliphatic carbocycles. The number of halogens is 1. The van der Waals surface area contributed by atoms with Crippen LogP contribution in [0.1, 0.15) is 12.6 Å². The number of imide groups is 1. The van der Waals surface area contributed by atoms with Crippen LogP contribution in [-0.2, 0) is 11.2 Å². The van der Waals surface area contributed by atoms with Gasteiger partial charge in [0.15, 0.2) is 0 Å². The summed E-state index contributed by atoms with van der Waals surface area (Å²) in [4.78, 5) is 32.6. The Hall–Kier alpha value is -2.35. The number of carbonyl (C=O) groups excluding carboxylic acids is 2. The zero-order chi connectivity index (χ0) is 17.1. The average Bonchev–Trinajstić information content (AvgIpc) is 3.14. The Morgan fingerprint density at radius 2 is 2.17 bits per heavy atom. The molecule has 1 aliphatic rings. The van der Waals surface area contributed by atoms with E-state index in [0.29, 0.717) is 12.2 Å². The molecule has 1 aliphatic heterocycles. The van der Waals surface area contributed by atoms with Gasteiger partial charge in [0.2, 0.25) is 0 Å². The number of benzene rings is 1. The predicted molar refractivity (Wildman–Crippen MR) is 90.6 cm³/mol. The molecule has 24 heavy (non-hydrogen) atoms. The Morgan fingerprint density at radius 1 is 1.38 bits per heavy atom. The molecule has 2 aromatic rings. The molecule has 1 unspecified atom stereocenters. The molecule has 7 nitrogen and oxygen atoms in total. The van der Waals surface area contributed by atoms with E-state index in [1.54, 1.807) is 12.5 Å². The highest BCUT2D eigenvalue weighted by Crippen LogP contribution is 2.25. The number of amides is 3. The van der Waals surface area contributed by atoms with Crippen molar-refractivity contribution in [1.29, 1.82) is 0 Å². The van der Waals surface area contributed by atoms with Crippen LogP contribution in [0.2, 0.25) is 0 Å². The predicted octanol–water partition coefficient (Wildman–Crippen LogP) is 2.10. The number of H-pyrrole nitrogens is 1. The first-order valence-corrected chi connectivity index (χ1v) is 8.34. The maximum absolute atomic E-state index is 12.4. The molecule has 3 rings (SSSR count). The van der Waals surface area contributed by atoms with E-state index in [1.807, 2.05) is 31.2 Å². The first-order valence-electron chi connectivity index (χ1n) is 7.55. The Labute approximate surface area is 147 Å². The van der Waals surface area contributed by atoms with E-state index in [9.17, 15) is 9.59 Å². The number of ether oxygens (including phenoxy) is 1. The van der Waals surface area contributed by atoms with Gasteiger partial charge in [-0.3, -0.25) is 9.69 Å². The number of carbonyl (C=O) groups is 2. The van der Waals surface area contributed by atoms with Gasteiger partial charge < -0.3 is 15.0 Å². The third-order valence-corrected chi connectivity index (χ3v) is 4.35. The Morgan fingerprint density at radius 3 is 2.88 bits per heavy atom. The fourth-order valence-corrected chi connectivity index (χ4v) is 2.93. The van der Waals surface area contributed by atoms with Crippen molar-refractivity contribution in [1.82, 2.24) is 20.2 Å². The van der Waals surface area contributed by atoms with Crippen molar-refractivity contribution in [2.45, 2.75) is 25.5 Å². The van der Waals surface area contributed by atoms with Crippen LogP contribution in [0.15, 0.2) is 41.3 Å². The molecule has 2 heterocycles. The van der Waals surface area contributed by atoms with Crippen molar-refractivity contribution >= 4 is 27.9 Å². The monoisotopic (exact) mass is 392 g/mol. The smallest absolute Gasteiger partial charge is 0.324 e. The van der Waals surface area contributed by atoms with E-state index >= 15 is 0 Å². The molecule has 0 bridgehead atoms. The van der Waals surface area contributed by atoms with Gasteiger partial charge in [0, 0.05) is 18.3 Å². The summed E-state index contributed by atoms with van der Waals surface area (Å²) in [5.74, 6) is 0.420. The molecule has 2 atom stereocenters. The number of aromatic amines is 1. The second-order valence-corrected chi connectivity index (χ2v) is 6.45. The highest BCUT2D eigenvalue weighted by atomic mass is 79.9. The van der Waals surface area contributed by atoms with Gasteiger partial charge in [0.05, 0.1) is 17.3 Å². The van der Waals surface area contributed by atoms with Crippen molar-refractivity contribution in [2.75, 3.05) is 6.54 Å². The number of urea groups is 1. The Kier molecular flexibility index (Phi) is 4.84. The third kappa shape index (κ3) is 3.59. The van der Waals surface area contributed by atoms with Gasteiger partial charge in [0.25, 0.3) is 5.91 Å². The first-order chi connectivity index (χ1) is 11.5. The molecule has 1 aromatic heterocycles. The number of nitrogens with zero attached hydrogens (tertiary/aromatic N) is 2. The van der Waals surface area contributed by atoms with E-state index in [0.717, 1.165) is 10.2 Å². The number of imidazole rings is 1. The number of nitrogens with one attached hydrogen (secondary N) is 2. The molecule has 0 radical (unpaired) electrons. The van der Waals surface area contributed by atoms with Crippen LogP contribution >= 0.6 is 15.9 Å². The number of hydrogen-bond donors (Lipinski definition) is 2. The van der Waals surface area contributed by atoms with Gasteiger partial charge in [-0.15, -0.1) is 0 Å². The maximum Gasteiger partial charge on any atom is 0.324 e. The molecule has 126 valence electrons. The van der Waals surface area contributed by atoms with Crippen LogP contribution in [0, 0.1) is 0 Å². The second kappa shape index (κ2) is 7.04. The Balaban J connectivity index is 1.61. The van der Waals surface area contributed by atoms with Crippen LogP contribution in [0.3, 0.4) is 0 Å². The van der Waals surface area contributed by atoms with Crippen LogP contribution in [-0.4, -0.2) is 45.5 Å². The van der Waals surface area contributed by atoms with Crippen molar-refractivity contribution in [3.8, 4) is 5.75 Å². The SMILES string of the molecule is CC(CN1C(=O)N[C@@H](Cc2cnc[nH]2)C1=O)Oc1ccccc1Br. The lowest BCUT2D eigenvalue weighted by Crippen LogP contribution is -2.39. The van der Waals surface area contributed by atoms with E-state index < -0.39 is 12.1 Å². The minimum Gasteiger partial charge on any atom is -0.488 e. The van der Waals surface area contributed by atoms with Crippen LogP contribution < -0.4 is 10.1 Å². The molecular weight excluding hydrogens is 376 g/mol. The van der Waals surface area contributed by atoms with Gasteiger partial charge in [-0.25, -0.2) is 9.78 Å². The quantitative estimate of drug-likeness (QED) is 0.736. The topological polar surface area (TPSA) is 87.3 Å². The van der Waals surface area contributed by atoms with Gasteiger partial charge in [-0.2, -0.15) is 0 Å². The number of aromatic nitrogens is 2. The molecule has 1 fully saturated rings. The highest BCUT2D eigenvalue weighted by molar-refractivity contribution is 9.10. The zero-order valence-electron chi connectivity index (χ0n) is 13.0. The minimum absolute atomic E-state index is 0.186. The van der Waals surface area contributed by atoms with E-state index in [2.05, 4.69) is 31.2 Å². The maximum atomic E-state index is 12.4. The van der Waals surface area contributed by atoms with Crippen molar-refractivity contribution in [3.63, 3.8) is 0 Å². The fourth-order valence-electron chi connectivity index (χ4n) is 2.56. The summed E-state index contributed by atoms with van der Waals surface area (Å²) in [5, 5.41) is 2.70. The molecule has 2 N–H and O–H groups in total. The summed E-state index contributed by atoms with van der Waals surface area (Å²) in [5.41, 5.74) is 0.799. The molecule has 1 aromatic carbocycles. The summed E-state index contributed by atoms with van der Waals surface area (Å²) < 4.78 is 6.63. The van der Waals surface area contributed by atoms with Gasteiger partial charge in [-0.1, -0.05) is 12.1 Å². The lowest BCUT2D eigenvalue weighted by molar-refractivity contribution is -0.128. The molecule has 8 heteroatoms. The lowest BCUT2D eigenvalue weighted by atomic mass is 10.1. The van der Waals surface area contributed by atoms with Gasteiger partial charge >= 0.3 is 6.03 Å². The summed E-state index contributed by atoms with van der Waals surface area (Å²) in [7, 11) is 0. The molecular formula is C16H17BrN4O3. The molecule has 0 saturated carbocycles. The number of rotatable bonds is 6. The fraction of sp³-hybridized carbons (Fsp3) is 0.312. The summed E-state index contributed by atoms with van der Waals surface area (Å²) in [6.45, 7) is 2.01. The van der Waals surface area contributed by atoms with Crippen LogP contribution in [0.5, 0.6) is 5.75 Å². The number of hydrogen-bond acceptors (Lipinski definition) is 4. The normalized spacial score (nSPS) is 18.6. The summed E-state index contributed by atoms with van der Waals surface area (Å²) in [6.07, 6.45) is 3.24.